The molecule has 2 unspecified atom stereocenters. The molecule has 0 spiro atoms. The highest BCUT2D eigenvalue weighted by Crippen LogP contribution is 2.21. The molecule has 0 fully saturated rings. The maximum atomic E-state index is 6.08. The highest BCUT2D eigenvalue weighted by molar-refractivity contribution is 6.30. The van der Waals surface area contributed by atoms with Crippen molar-refractivity contribution in [2.75, 3.05) is 13.6 Å². The van der Waals surface area contributed by atoms with Gasteiger partial charge in [-0.05, 0) is 50.6 Å². The minimum absolute atomic E-state index is 0.282. The first-order chi connectivity index (χ1) is 8.41. The molecule has 0 aliphatic rings. The van der Waals surface area contributed by atoms with Crippen LogP contribution in [-0.4, -0.2) is 24.5 Å². The van der Waals surface area contributed by atoms with E-state index in [4.69, 9.17) is 17.3 Å². The summed E-state index contributed by atoms with van der Waals surface area (Å²) in [5, 5.41) is 0.787. The van der Waals surface area contributed by atoms with Crippen LogP contribution < -0.4 is 5.73 Å². The van der Waals surface area contributed by atoms with Gasteiger partial charge < -0.3 is 5.73 Å². The first-order valence-electron chi connectivity index (χ1n) is 6.63. The summed E-state index contributed by atoms with van der Waals surface area (Å²) in [5.41, 5.74) is 7.37. The van der Waals surface area contributed by atoms with Crippen molar-refractivity contribution >= 4 is 11.6 Å². The van der Waals surface area contributed by atoms with Crippen LogP contribution >= 0.6 is 11.6 Å². The summed E-state index contributed by atoms with van der Waals surface area (Å²) < 4.78 is 0. The fourth-order valence-electron chi connectivity index (χ4n) is 1.88. The maximum absolute atomic E-state index is 6.08. The summed E-state index contributed by atoms with van der Waals surface area (Å²) in [4.78, 5) is 2.34. The molecule has 2 atom stereocenters. The predicted molar refractivity (Wildman–Crippen MR) is 79.9 cm³/mol. The Morgan fingerprint density at radius 2 is 1.72 bits per heavy atom. The van der Waals surface area contributed by atoms with Gasteiger partial charge in [-0.1, -0.05) is 37.6 Å². The molecular formula is C15H25ClN2. The average molecular weight is 269 g/mol. The van der Waals surface area contributed by atoms with Crippen molar-refractivity contribution in [2.45, 2.75) is 39.3 Å². The molecule has 0 aliphatic heterocycles. The highest BCUT2D eigenvalue weighted by Gasteiger charge is 2.14. The van der Waals surface area contributed by atoms with Gasteiger partial charge in [0.15, 0.2) is 0 Å². The summed E-state index contributed by atoms with van der Waals surface area (Å²) in [6, 6.07) is 8.74. The second-order valence-corrected chi connectivity index (χ2v) is 5.84. The molecule has 2 N–H and O–H groups in total. The summed E-state index contributed by atoms with van der Waals surface area (Å²) in [6.45, 7) is 7.58. The molecule has 0 aromatic heterocycles. The van der Waals surface area contributed by atoms with Crippen molar-refractivity contribution in [1.29, 1.82) is 0 Å². The predicted octanol–water partition coefficient (Wildman–Crippen LogP) is 3.71. The first-order valence-corrected chi connectivity index (χ1v) is 7.01. The molecule has 18 heavy (non-hydrogen) atoms. The van der Waals surface area contributed by atoms with Gasteiger partial charge in [-0.15, -0.1) is 0 Å². The maximum Gasteiger partial charge on any atom is 0.0406 e. The van der Waals surface area contributed by atoms with E-state index in [1.54, 1.807) is 0 Å². The number of benzene rings is 1. The Balaban J connectivity index is 2.51. The van der Waals surface area contributed by atoms with Crippen LogP contribution in [-0.2, 0) is 0 Å². The fraction of sp³-hybridized carbons (Fsp3) is 0.600. The monoisotopic (exact) mass is 268 g/mol. The van der Waals surface area contributed by atoms with E-state index in [0.717, 1.165) is 18.0 Å². The lowest BCUT2D eigenvalue weighted by Gasteiger charge is -2.27. The van der Waals surface area contributed by atoms with Crippen LogP contribution in [0.25, 0.3) is 0 Å². The standard InChI is InChI=1S/C15H25ClN2/c1-11(2)15(17)9-10-18(4)12(3)13-5-7-14(16)8-6-13/h5-8,11-12,15H,9-10,17H2,1-4H3. The molecule has 0 radical (unpaired) electrons. The lowest BCUT2D eigenvalue weighted by Crippen LogP contribution is -2.32. The quantitative estimate of drug-likeness (QED) is 0.852. The number of hydrogen-bond acceptors (Lipinski definition) is 2. The average Bonchev–Trinajstić information content (AvgIpc) is 2.35. The van der Waals surface area contributed by atoms with Crippen molar-refractivity contribution in [3.05, 3.63) is 34.9 Å². The van der Waals surface area contributed by atoms with Crippen LogP contribution in [0.15, 0.2) is 24.3 Å². The molecule has 1 rings (SSSR count). The van der Waals surface area contributed by atoms with Gasteiger partial charge in [0, 0.05) is 17.1 Å². The van der Waals surface area contributed by atoms with E-state index in [1.165, 1.54) is 5.56 Å². The normalized spacial score (nSPS) is 15.1. The number of rotatable bonds is 6. The molecule has 1 aromatic rings. The van der Waals surface area contributed by atoms with Gasteiger partial charge in [-0.3, -0.25) is 4.90 Å². The molecule has 0 bridgehead atoms. The van der Waals surface area contributed by atoms with E-state index >= 15 is 0 Å². The third kappa shape index (κ3) is 4.60. The van der Waals surface area contributed by atoms with Crippen molar-refractivity contribution < 1.29 is 0 Å². The number of nitrogens with two attached hydrogens (primary N) is 1. The van der Waals surface area contributed by atoms with Gasteiger partial charge in [-0.25, -0.2) is 0 Å². The minimum Gasteiger partial charge on any atom is -0.327 e. The van der Waals surface area contributed by atoms with E-state index in [1.807, 2.05) is 12.1 Å². The van der Waals surface area contributed by atoms with Crippen molar-refractivity contribution in [1.82, 2.24) is 4.90 Å². The van der Waals surface area contributed by atoms with E-state index in [-0.39, 0.29) is 6.04 Å². The summed E-state index contributed by atoms with van der Waals surface area (Å²) in [5.74, 6) is 0.546. The minimum atomic E-state index is 0.282. The highest BCUT2D eigenvalue weighted by atomic mass is 35.5. The van der Waals surface area contributed by atoms with Gasteiger partial charge >= 0.3 is 0 Å². The SMILES string of the molecule is CC(C)C(N)CCN(C)C(C)c1ccc(Cl)cc1. The molecule has 0 saturated heterocycles. The second kappa shape index (κ2) is 7.13. The molecule has 0 aliphatic carbocycles. The molecule has 102 valence electrons. The molecule has 0 amide bonds. The molecule has 0 heterocycles. The Labute approximate surface area is 116 Å². The second-order valence-electron chi connectivity index (χ2n) is 5.40. The van der Waals surface area contributed by atoms with Crippen molar-refractivity contribution in [3.8, 4) is 0 Å². The topological polar surface area (TPSA) is 29.3 Å². The molecule has 2 nitrogen and oxygen atoms in total. The van der Waals surface area contributed by atoms with Crippen molar-refractivity contribution in [2.24, 2.45) is 11.7 Å². The van der Waals surface area contributed by atoms with Crippen LogP contribution in [0.1, 0.15) is 38.8 Å². The Kier molecular flexibility index (Phi) is 6.13. The van der Waals surface area contributed by atoms with Crippen LogP contribution in [0.3, 0.4) is 0 Å². The van der Waals surface area contributed by atoms with Gasteiger partial charge in [0.1, 0.15) is 0 Å². The van der Waals surface area contributed by atoms with E-state index in [9.17, 15) is 0 Å². The van der Waals surface area contributed by atoms with E-state index in [2.05, 4.69) is 44.9 Å². The molecular weight excluding hydrogens is 244 g/mol. The zero-order valence-electron chi connectivity index (χ0n) is 11.9. The van der Waals surface area contributed by atoms with E-state index in [0.29, 0.717) is 12.0 Å². The molecule has 0 saturated carbocycles. The number of halogens is 1. The number of hydrogen-bond donors (Lipinski definition) is 1. The summed E-state index contributed by atoms with van der Waals surface area (Å²) >= 11 is 5.90. The van der Waals surface area contributed by atoms with Crippen LogP contribution in [0.5, 0.6) is 0 Å². The van der Waals surface area contributed by atoms with E-state index < -0.39 is 0 Å². The van der Waals surface area contributed by atoms with Crippen LogP contribution in [0.2, 0.25) is 5.02 Å². The Morgan fingerprint density at radius 1 is 1.17 bits per heavy atom. The zero-order valence-corrected chi connectivity index (χ0v) is 12.6. The number of nitrogens with zero attached hydrogens (tertiary/aromatic N) is 1. The Bertz CT molecular complexity index is 348. The fourth-order valence-corrected chi connectivity index (χ4v) is 2.00. The van der Waals surface area contributed by atoms with Crippen molar-refractivity contribution in [3.63, 3.8) is 0 Å². The Hall–Kier alpha value is -0.570. The zero-order chi connectivity index (χ0) is 13.7. The molecule has 1 aromatic carbocycles. The lowest BCUT2D eigenvalue weighted by atomic mass is 10.0. The molecule has 3 heteroatoms. The Morgan fingerprint density at radius 3 is 2.22 bits per heavy atom. The largest absolute Gasteiger partial charge is 0.327 e. The van der Waals surface area contributed by atoms with Gasteiger partial charge in [0.2, 0.25) is 0 Å². The summed E-state index contributed by atoms with van der Waals surface area (Å²) in [7, 11) is 2.15. The lowest BCUT2D eigenvalue weighted by molar-refractivity contribution is 0.243. The third-order valence-electron chi connectivity index (χ3n) is 3.69. The smallest absolute Gasteiger partial charge is 0.0406 e. The van der Waals surface area contributed by atoms with Gasteiger partial charge in [0.25, 0.3) is 0 Å². The summed E-state index contributed by atoms with van der Waals surface area (Å²) in [6.07, 6.45) is 1.03. The van der Waals surface area contributed by atoms with Crippen LogP contribution in [0, 0.1) is 5.92 Å². The first kappa shape index (κ1) is 15.5. The van der Waals surface area contributed by atoms with Gasteiger partial charge in [-0.2, -0.15) is 0 Å². The van der Waals surface area contributed by atoms with Gasteiger partial charge in [0.05, 0.1) is 0 Å². The van der Waals surface area contributed by atoms with Crippen LogP contribution in [0.4, 0.5) is 0 Å². The third-order valence-corrected chi connectivity index (χ3v) is 3.94.